The highest BCUT2D eigenvalue weighted by Crippen LogP contribution is 2.34. The van der Waals surface area contributed by atoms with Crippen LogP contribution in [-0.4, -0.2) is 14.7 Å². The maximum absolute atomic E-state index is 12.8. The molecule has 0 unspecified atom stereocenters. The quantitative estimate of drug-likeness (QED) is 0.573. The lowest BCUT2D eigenvalue weighted by Crippen LogP contribution is -2.21. The van der Waals surface area contributed by atoms with Gasteiger partial charge in [0, 0.05) is 10.9 Å². The van der Waals surface area contributed by atoms with Crippen molar-refractivity contribution in [3.05, 3.63) is 57.3 Å². The molecule has 0 fully saturated rings. The average molecular weight is 339 g/mol. The van der Waals surface area contributed by atoms with Crippen LogP contribution in [0, 0.1) is 0 Å². The van der Waals surface area contributed by atoms with E-state index in [-0.39, 0.29) is 5.56 Å². The van der Waals surface area contributed by atoms with E-state index in [2.05, 4.69) is 10.1 Å². The Balaban J connectivity index is 1.53. The summed E-state index contributed by atoms with van der Waals surface area (Å²) in [5.41, 5.74) is 1.86. The second-order valence-corrected chi connectivity index (χ2v) is 6.96. The molecule has 0 atom stereocenters. The first kappa shape index (κ1) is 13.7. The Bertz CT molecular complexity index is 1090. The van der Waals surface area contributed by atoms with E-state index in [1.165, 1.54) is 10.4 Å². The Labute approximate surface area is 140 Å². The van der Waals surface area contributed by atoms with E-state index >= 15 is 0 Å². The molecule has 0 bridgehead atoms. The third kappa shape index (κ3) is 2.05. The van der Waals surface area contributed by atoms with E-state index in [9.17, 15) is 4.79 Å². The van der Waals surface area contributed by atoms with Crippen LogP contribution in [0.1, 0.15) is 22.6 Å². The highest BCUT2D eigenvalue weighted by atomic mass is 32.1. The maximum atomic E-state index is 12.8. The van der Waals surface area contributed by atoms with E-state index in [0.717, 1.165) is 29.5 Å². The van der Waals surface area contributed by atoms with Crippen LogP contribution < -0.4 is 5.56 Å². The summed E-state index contributed by atoms with van der Waals surface area (Å²) in [5, 5.41) is 4.81. The lowest BCUT2D eigenvalue weighted by molar-refractivity contribution is 0.408. The predicted molar refractivity (Wildman–Crippen MR) is 89.2 cm³/mol. The Morgan fingerprint density at radius 2 is 2.25 bits per heavy atom. The van der Waals surface area contributed by atoms with Crippen molar-refractivity contribution >= 4 is 21.6 Å². The van der Waals surface area contributed by atoms with Gasteiger partial charge in [-0.3, -0.25) is 9.36 Å². The molecule has 6 nitrogen and oxygen atoms in total. The number of fused-ring (bicyclic) bond motifs is 3. The number of aryl methyl sites for hydroxylation is 2. The minimum absolute atomic E-state index is 0.00180. The third-order valence-electron chi connectivity index (χ3n) is 4.35. The Hall–Kier alpha value is -2.67. The molecule has 7 heteroatoms. The van der Waals surface area contributed by atoms with E-state index in [1.807, 2.05) is 0 Å². The topological polar surface area (TPSA) is 74.1 Å². The molecule has 0 spiro atoms. The van der Waals surface area contributed by atoms with Gasteiger partial charge in [0.1, 0.15) is 10.5 Å². The normalized spacial score (nSPS) is 13.7. The van der Waals surface area contributed by atoms with Crippen LogP contribution in [0.3, 0.4) is 0 Å². The summed E-state index contributed by atoms with van der Waals surface area (Å²) in [6.07, 6.45) is 6.34. The summed E-state index contributed by atoms with van der Waals surface area (Å²) >= 11 is 1.65. The molecule has 0 aliphatic heterocycles. The molecule has 0 aromatic carbocycles. The molecule has 4 heterocycles. The zero-order chi connectivity index (χ0) is 16.1. The lowest BCUT2D eigenvalue weighted by Gasteiger charge is -2.02. The van der Waals surface area contributed by atoms with Gasteiger partial charge in [0.25, 0.3) is 5.56 Å². The molecule has 0 saturated carbocycles. The molecule has 4 aromatic rings. The van der Waals surface area contributed by atoms with Crippen molar-refractivity contribution in [2.75, 3.05) is 0 Å². The Kier molecular flexibility index (Phi) is 2.96. The Morgan fingerprint density at radius 1 is 1.29 bits per heavy atom. The van der Waals surface area contributed by atoms with Crippen LogP contribution in [-0.2, 0) is 19.4 Å². The number of aromatic nitrogens is 3. The molecule has 0 amide bonds. The smallest absolute Gasteiger partial charge is 0.262 e. The summed E-state index contributed by atoms with van der Waals surface area (Å²) in [6.45, 7) is 0.330. The summed E-state index contributed by atoms with van der Waals surface area (Å²) in [5.74, 6) is 1.17. The molecule has 120 valence electrons. The zero-order valence-corrected chi connectivity index (χ0v) is 13.5. The van der Waals surface area contributed by atoms with Gasteiger partial charge in [-0.25, -0.2) is 4.98 Å². The fourth-order valence-electron chi connectivity index (χ4n) is 3.23. The summed E-state index contributed by atoms with van der Waals surface area (Å²) < 4.78 is 12.2. The van der Waals surface area contributed by atoms with Gasteiger partial charge in [0.05, 0.1) is 24.5 Å². The van der Waals surface area contributed by atoms with E-state index < -0.39 is 0 Å². The van der Waals surface area contributed by atoms with Crippen molar-refractivity contribution in [3.63, 3.8) is 0 Å². The Morgan fingerprint density at radius 3 is 3.12 bits per heavy atom. The minimum Gasteiger partial charge on any atom is -0.461 e. The molecule has 1 aliphatic rings. The number of hydrogen-bond acceptors (Lipinski definition) is 6. The third-order valence-corrected chi connectivity index (χ3v) is 5.55. The molecular formula is C17H13N3O3S. The fourth-order valence-corrected chi connectivity index (χ4v) is 4.45. The van der Waals surface area contributed by atoms with Crippen LogP contribution in [0.25, 0.3) is 21.7 Å². The number of thiophene rings is 1. The minimum atomic E-state index is 0.00180. The van der Waals surface area contributed by atoms with Gasteiger partial charge in [0.2, 0.25) is 5.76 Å². The van der Waals surface area contributed by atoms with Crippen LogP contribution in [0.15, 0.2) is 44.5 Å². The van der Waals surface area contributed by atoms with Crippen molar-refractivity contribution in [1.29, 1.82) is 0 Å². The fraction of sp³-hybridized carbons (Fsp3) is 0.235. The monoisotopic (exact) mass is 339 g/mol. The van der Waals surface area contributed by atoms with Crippen LogP contribution in [0.4, 0.5) is 0 Å². The largest absolute Gasteiger partial charge is 0.461 e. The molecule has 4 aromatic heterocycles. The second kappa shape index (κ2) is 5.17. The van der Waals surface area contributed by atoms with Crippen molar-refractivity contribution in [3.8, 4) is 11.5 Å². The standard InChI is InChI=1S/C17H13N3O3S/c21-17-15-11-3-1-5-14(11)24-16(15)18-9-20(17)8-10-7-13(23-19-10)12-4-2-6-22-12/h2,4,6-7,9H,1,3,5,8H2. The maximum Gasteiger partial charge on any atom is 0.262 e. The predicted octanol–water partition coefficient (Wildman–Crippen LogP) is 3.24. The van der Waals surface area contributed by atoms with Gasteiger partial charge in [0.15, 0.2) is 5.76 Å². The van der Waals surface area contributed by atoms with Gasteiger partial charge < -0.3 is 8.94 Å². The number of hydrogen-bond donors (Lipinski definition) is 0. The van der Waals surface area contributed by atoms with Crippen molar-refractivity contribution < 1.29 is 8.94 Å². The second-order valence-electron chi connectivity index (χ2n) is 5.87. The van der Waals surface area contributed by atoms with Gasteiger partial charge >= 0.3 is 0 Å². The zero-order valence-electron chi connectivity index (χ0n) is 12.7. The molecular weight excluding hydrogens is 326 g/mol. The van der Waals surface area contributed by atoms with Crippen LogP contribution in [0.2, 0.25) is 0 Å². The first-order valence-corrected chi connectivity index (χ1v) is 8.60. The summed E-state index contributed by atoms with van der Waals surface area (Å²) in [7, 11) is 0. The molecule has 24 heavy (non-hydrogen) atoms. The van der Waals surface area contributed by atoms with Gasteiger partial charge in [-0.1, -0.05) is 5.16 Å². The first-order valence-electron chi connectivity index (χ1n) is 7.79. The van der Waals surface area contributed by atoms with E-state index in [4.69, 9.17) is 8.94 Å². The number of furan rings is 1. The number of rotatable bonds is 3. The van der Waals surface area contributed by atoms with Gasteiger partial charge in [-0.2, -0.15) is 0 Å². The first-order chi connectivity index (χ1) is 11.8. The highest BCUT2D eigenvalue weighted by Gasteiger charge is 2.21. The number of nitrogens with zero attached hydrogens (tertiary/aromatic N) is 3. The molecule has 1 aliphatic carbocycles. The molecule has 0 saturated heterocycles. The molecule has 0 N–H and O–H groups in total. The highest BCUT2D eigenvalue weighted by molar-refractivity contribution is 7.18. The SMILES string of the molecule is O=c1c2c3c(sc2ncn1Cc1cc(-c2ccco2)on1)CCC3. The van der Waals surface area contributed by atoms with Crippen molar-refractivity contribution in [2.45, 2.75) is 25.8 Å². The van der Waals surface area contributed by atoms with E-state index in [1.54, 1.807) is 46.7 Å². The summed E-state index contributed by atoms with van der Waals surface area (Å²) in [4.78, 5) is 19.5. The average Bonchev–Trinajstić information content (AvgIpc) is 3.33. The molecule has 5 rings (SSSR count). The van der Waals surface area contributed by atoms with Crippen LogP contribution in [0.5, 0.6) is 0 Å². The van der Waals surface area contributed by atoms with E-state index in [0.29, 0.717) is 23.8 Å². The summed E-state index contributed by atoms with van der Waals surface area (Å²) in [6, 6.07) is 5.38. The van der Waals surface area contributed by atoms with Crippen molar-refractivity contribution in [1.82, 2.24) is 14.7 Å². The van der Waals surface area contributed by atoms with Crippen molar-refractivity contribution in [2.24, 2.45) is 0 Å². The van der Waals surface area contributed by atoms with Gasteiger partial charge in [-0.05, 0) is 37.0 Å². The lowest BCUT2D eigenvalue weighted by atomic mass is 10.2. The molecule has 0 radical (unpaired) electrons. The van der Waals surface area contributed by atoms with Crippen LogP contribution >= 0.6 is 11.3 Å². The van der Waals surface area contributed by atoms with Gasteiger partial charge in [-0.15, -0.1) is 11.3 Å².